The Hall–Kier alpha value is -1.27. The number of hydrogen-bond acceptors (Lipinski definition) is 6. The number of aromatic nitrogens is 3. The van der Waals surface area contributed by atoms with Crippen LogP contribution in [0.4, 0.5) is 5.95 Å². The third kappa shape index (κ3) is 2.70. The normalized spacial score (nSPS) is 20.6. The van der Waals surface area contributed by atoms with Crippen LogP contribution in [0.25, 0.3) is 0 Å². The highest BCUT2D eigenvalue weighted by atomic mass is 16.5. The fourth-order valence-electron chi connectivity index (χ4n) is 1.89. The first-order valence-corrected chi connectivity index (χ1v) is 5.89. The Morgan fingerprint density at radius 1 is 1.35 bits per heavy atom. The number of anilines is 1. The molecule has 1 N–H and O–H groups in total. The zero-order chi connectivity index (χ0) is 12.3. The fourth-order valence-corrected chi connectivity index (χ4v) is 1.89. The first-order chi connectivity index (χ1) is 8.22. The molecule has 1 saturated heterocycles. The highest BCUT2D eigenvalue weighted by Gasteiger charge is 2.25. The highest BCUT2D eigenvalue weighted by molar-refractivity contribution is 5.32. The Balaban J connectivity index is 2.20. The van der Waals surface area contributed by atoms with E-state index in [4.69, 9.17) is 4.74 Å². The van der Waals surface area contributed by atoms with Crippen molar-refractivity contribution in [2.75, 3.05) is 38.3 Å². The molecule has 2 heterocycles. The van der Waals surface area contributed by atoms with Gasteiger partial charge in [-0.05, 0) is 20.9 Å². The van der Waals surface area contributed by atoms with Crippen LogP contribution in [0.2, 0.25) is 0 Å². The molecule has 0 aromatic carbocycles. The molecule has 0 saturated carbocycles. The third-order valence-electron chi connectivity index (χ3n) is 3.00. The van der Waals surface area contributed by atoms with E-state index in [1.54, 1.807) is 0 Å². The van der Waals surface area contributed by atoms with Gasteiger partial charge in [0, 0.05) is 13.1 Å². The molecule has 94 valence electrons. The van der Waals surface area contributed by atoms with Crippen molar-refractivity contribution in [1.82, 2.24) is 20.5 Å². The lowest BCUT2D eigenvalue weighted by atomic mass is 10.2. The van der Waals surface area contributed by atoms with E-state index in [0.717, 1.165) is 31.1 Å². The Morgan fingerprint density at radius 2 is 2.18 bits per heavy atom. The van der Waals surface area contributed by atoms with Crippen molar-refractivity contribution in [1.29, 1.82) is 0 Å². The molecule has 1 fully saturated rings. The first kappa shape index (κ1) is 12.2. The van der Waals surface area contributed by atoms with Gasteiger partial charge in [-0.1, -0.05) is 0 Å². The molecular weight excluding hydrogens is 218 g/mol. The van der Waals surface area contributed by atoms with E-state index < -0.39 is 0 Å². The van der Waals surface area contributed by atoms with Gasteiger partial charge in [-0.3, -0.25) is 0 Å². The van der Waals surface area contributed by atoms with Crippen LogP contribution in [0.5, 0.6) is 0 Å². The van der Waals surface area contributed by atoms with E-state index in [2.05, 4.69) is 25.4 Å². The van der Waals surface area contributed by atoms with Gasteiger partial charge in [0.25, 0.3) is 0 Å². The summed E-state index contributed by atoms with van der Waals surface area (Å²) >= 11 is 0. The van der Waals surface area contributed by atoms with Gasteiger partial charge in [0.15, 0.2) is 0 Å². The molecule has 0 spiro atoms. The minimum absolute atomic E-state index is 0.276. The summed E-state index contributed by atoms with van der Waals surface area (Å²) in [5.41, 5.74) is 1.82. The van der Waals surface area contributed by atoms with Crippen LogP contribution in [0.1, 0.15) is 11.4 Å². The van der Waals surface area contributed by atoms with Crippen molar-refractivity contribution in [2.45, 2.75) is 19.9 Å². The molecule has 17 heavy (non-hydrogen) atoms. The van der Waals surface area contributed by atoms with Gasteiger partial charge in [-0.25, -0.2) is 4.98 Å². The fraction of sp³-hybridized carbons (Fsp3) is 0.727. The van der Waals surface area contributed by atoms with Gasteiger partial charge in [-0.2, -0.15) is 5.10 Å². The molecule has 1 aliphatic heterocycles. The van der Waals surface area contributed by atoms with Crippen molar-refractivity contribution in [3.8, 4) is 0 Å². The number of ether oxygens (including phenoxy) is 1. The smallest absolute Gasteiger partial charge is 0.246 e. The predicted octanol–water partition coefficient (Wildman–Crippen LogP) is -0.0870. The molecule has 0 bridgehead atoms. The molecule has 1 aromatic rings. The second-order valence-corrected chi connectivity index (χ2v) is 4.26. The number of rotatable bonds is 3. The molecule has 0 amide bonds. The van der Waals surface area contributed by atoms with Crippen LogP contribution >= 0.6 is 0 Å². The summed E-state index contributed by atoms with van der Waals surface area (Å²) in [6.07, 6.45) is 0. The number of nitrogens with zero attached hydrogens (tertiary/aromatic N) is 4. The number of nitrogens with one attached hydrogen (secondary N) is 1. The van der Waals surface area contributed by atoms with Crippen LogP contribution in [-0.2, 0) is 4.74 Å². The van der Waals surface area contributed by atoms with E-state index in [1.807, 2.05) is 20.9 Å². The zero-order valence-corrected chi connectivity index (χ0v) is 10.6. The molecule has 1 aromatic heterocycles. The van der Waals surface area contributed by atoms with Gasteiger partial charge in [-0.15, -0.1) is 5.10 Å². The Bertz CT molecular complexity index is 382. The van der Waals surface area contributed by atoms with Gasteiger partial charge in [0.05, 0.1) is 30.6 Å². The molecule has 6 heteroatoms. The maximum Gasteiger partial charge on any atom is 0.246 e. The molecule has 0 aliphatic carbocycles. The largest absolute Gasteiger partial charge is 0.377 e. The van der Waals surface area contributed by atoms with E-state index in [1.165, 1.54) is 0 Å². The monoisotopic (exact) mass is 237 g/mol. The van der Waals surface area contributed by atoms with Crippen molar-refractivity contribution in [3.05, 3.63) is 11.4 Å². The van der Waals surface area contributed by atoms with Crippen LogP contribution in [-0.4, -0.2) is 54.6 Å². The lowest BCUT2D eigenvalue weighted by Gasteiger charge is -2.35. The summed E-state index contributed by atoms with van der Waals surface area (Å²) < 4.78 is 5.48. The number of morpholine rings is 1. The highest BCUT2D eigenvalue weighted by Crippen LogP contribution is 2.14. The maximum atomic E-state index is 5.48. The maximum absolute atomic E-state index is 5.48. The first-order valence-electron chi connectivity index (χ1n) is 5.89. The van der Waals surface area contributed by atoms with Crippen molar-refractivity contribution < 1.29 is 4.74 Å². The summed E-state index contributed by atoms with van der Waals surface area (Å²) in [7, 11) is 1.94. The molecule has 2 rings (SSSR count). The van der Waals surface area contributed by atoms with E-state index in [-0.39, 0.29) is 6.04 Å². The summed E-state index contributed by atoms with van der Waals surface area (Å²) in [6.45, 7) is 6.98. The predicted molar refractivity (Wildman–Crippen MR) is 65.2 cm³/mol. The van der Waals surface area contributed by atoms with Crippen LogP contribution in [0.3, 0.4) is 0 Å². The molecule has 1 unspecified atom stereocenters. The van der Waals surface area contributed by atoms with Crippen molar-refractivity contribution in [3.63, 3.8) is 0 Å². The summed E-state index contributed by atoms with van der Waals surface area (Å²) in [5, 5.41) is 11.5. The van der Waals surface area contributed by atoms with Gasteiger partial charge in [0.2, 0.25) is 5.95 Å². The molecule has 1 aliphatic rings. The summed E-state index contributed by atoms with van der Waals surface area (Å²) in [5.74, 6) is 0.705. The van der Waals surface area contributed by atoms with E-state index in [0.29, 0.717) is 12.6 Å². The molecular formula is C11H19N5O. The average molecular weight is 237 g/mol. The van der Waals surface area contributed by atoms with E-state index >= 15 is 0 Å². The quantitative estimate of drug-likeness (QED) is 0.793. The van der Waals surface area contributed by atoms with Gasteiger partial charge >= 0.3 is 0 Å². The average Bonchev–Trinajstić information content (AvgIpc) is 2.34. The standard InChI is InChI=1S/C11H19N5O/c1-8-9(2)14-15-11(13-8)16-4-5-17-7-10(16)6-12-3/h10,12H,4-7H2,1-3H3. The van der Waals surface area contributed by atoms with Crippen LogP contribution in [0, 0.1) is 13.8 Å². The summed E-state index contributed by atoms with van der Waals surface area (Å²) in [6, 6.07) is 0.276. The number of hydrogen-bond donors (Lipinski definition) is 1. The molecule has 1 atom stereocenters. The van der Waals surface area contributed by atoms with Gasteiger partial charge < -0.3 is 15.0 Å². The topological polar surface area (TPSA) is 63.2 Å². The third-order valence-corrected chi connectivity index (χ3v) is 3.00. The van der Waals surface area contributed by atoms with Crippen LogP contribution in [0.15, 0.2) is 0 Å². The Kier molecular flexibility index (Phi) is 3.86. The summed E-state index contributed by atoms with van der Waals surface area (Å²) in [4.78, 5) is 6.66. The Labute approximate surface area is 101 Å². The lowest BCUT2D eigenvalue weighted by Crippen LogP contribution is -2.51. The Morgan fingerprint density at radius 3 is 2.88 bits per heavy atom. The van der Waals surface area contributed by atoms with Gasteiger partial charge in [0.1, 0.15) is 0 Å². The minimum atomic E-state index is 0.276. The number of likely N-dealkylation sites (N-methyl/N-ethyl adjacent to an activating group) is 1. The van der Waals surface area contributed by atoms with Crippen LogP contribution < -0.4 is 10.2 Å². The minimum Gasteiger partial charge on any atom is -0.377 e. The zero-order valence-electron chi connectivity index (χ0n) is 10.6. The SMILES string of the molecule is CNCC1COCCN1c1nnc(C)c(C)n1. The second-order valence-electron chi connectivity index (χ2n) is 4.26. The van der Waals surface area contributed by atoms with Crippen molar-refractivity contribution >= 4 is 5.95 Å². The molecule has 0 radical (unpaired) electrons. The van der Waals surface area contributed by atoms with E-state index in [9.17, 15) is 0 Å². The second kappa shape index (κ2) is 5.37. The molecule has 6 nitrogen and oxygen atoms in total. The lowest BCUT2D eigenvalue weighted by molar-refractivity contribution is 0.0933. The number of aryl methyl sites for hydroxylation is 2. The van der Waals surface area contributed by atoms with Crippen molar-refractivity contribution in [2.24, 2.45) is 0 Å².